The Kier molecular flexibility index (Phi) is 10.9. The Morgan fingerprint density at radius 1 is 0.942 bits per heavy atom. The highest BCUT2D eigenvalue weighted by molar-refractivity contribution is 6.43. The Bertz CT molecular complexity index is 1780. The first-order valence-electron chi connectivity index (χ1n) is 18.6. The lowest BCUT2D eigenvalue weighted by Crippen LogP contribution is -2.55. The van der Waals surface area contributed by atoms with E-state index in [9.17, 15) is 14.4 Å². The highest BCUT2D eigenvalue weighted by Gasteiger charge is 2.36. The molecule has 4 saturated heterocycles. The van der Waals surface area contributed by atoms with Crippen LogP contribution in [0.4, 0.5) is 17.3 Å². The standard InChI is InChI=1S/C39H48Cl2N8O3/c1-39(15-21-49(22-16-39)32-23-43-35(36(42)44-32)30-3-2-4-31(40)34(30)41)46-37(51)27-13-17-47(18-14-27)24-25-11-19-48(20-12-25)28-7-5-26(6-8-28)29-9-10-33(50)45-38(29)52/h2-8,23,25,27,29H,9-22,24H2,1H3,(H2,42,44)(H,46,51)(H,45,50,52)/t29-/m0/s1. The number of nitrogens with two attached hydrogens (primary N) is 1. The molecule has 1 aromatic heterocycles. The zero-order valence-electron chi connectivity index (χ0n) is 29.8. The minimum absolute atomic E-state index is 0.0487. The number of carbonyl (C=O) groups excluding carboxylic acids is 3. The average molecular weight is 748 g/mol. The van der Waals surface area contributed by atoms with Gasteiger partial charge in [0, 0.05) is 61.9 Å². The summed E-state index contributed by atoms with van der Waals surface area (Å²) in [6.07, 6.45) is 8.38. The van der Waals surface area contributed by atoms with E-state index < -0.39 is 0 Å². The van der Waals surface area contributed by atoms with Crippen LogP contribution in [-0.4, -0.2) is 83.9 Å². The molecule has 3 aromatic rings. The number of nitrogens with one attached hydrogen (secondary N) is 2. The molecule has 5 heterocycles. The lowest BCUT2D eigenvalue weighted by molar-refractivity contribution is -0.134. The van der Waals surface area contributed by atoms with Crippen LogP contribution in [0, 0.1) is 11.8 Å². The number of halogens is 2. The fourth-order valence-corrected chi connectivity index (χ4v) is 8.63. The fourth-order valence-electron chi connectivity index (χ4n) is 8.24. The van der Waals surface area contributed by atoms with Gasteiger partial charge in [0.05, 0.1) is 22.2 Å². The van der Waals surface area contributed by atoms with E-state index in [-0.39, 0.29) is 35.1 Å². The summed E-state index contributed by atoms with van der Waals surface area (Å²) in [5, 5.41) is 6.72. The number of anilines is 3. The first-order valence-corrected chi connectivity index (χ1v) is 19.4. The molecule has 4 N–H and O–H groups in total. The van der Waals surface area contributed by atoms with Crippen LogP contribution < -0.4 is 26.2 Å². The predicted molar refractivity (Wildman–Crippen MR) is 206 cm³/mol. The van der Waals surface area contributed by atoms with Gasteiger partial charge in [0.25, 0.3) is 0 Å². The van der Waals surface area contributed by atoms with Crippen LogP contribution in [0.5, 0.6) is 0 Å². The van der Waals surface area contributed by atoms with Crippen LogP contribution in [-0.2, 0) is 14.4 Å². The second-order valence-electron chi connectivity index (χ2n) is 15.2. The number of aromatic nitrogens is 2. The van der Waals surface area contributed by atoms with Crippen LogP contribution in [0.25, 0.3) is 11.3 Å². The molecule has 276 valence electrons. The van der Waals surface area contributed by atoms with Crippen LogP contribution in [0.2, 0.25) is 10.0 Å². The maximum Gasteiger partial charge on any atom is 0.234 e. The molecular formula is C39H48Cl2N8O3. The molecular weight excluding hydrogens is 699 g/mol. The summed E-state index contributed by atoms with van der Waals surface area (Å²) in [6.45, 7) is 8.68. The maximum atomic E-state index is 13.5. The highest BCUT2D eigenvalue weighted by Crippen LogP contribution is 2.36. The third-order valence-corrected chi connectivity index (χ3v) is 12.4. The smallest absolute Gasteiger partial charge is 0.234 e. The third kappa shape index (κ3) is 8.16. The molecule has 0 unspecified atom stereocenters. The van der Waals surface area contributed by atoms with Gasteiger partial charge in [-0.3, -0.25) is 19.7 Å². The number of benzene rings is 2. The van der Waals surface area contributed by atoms with Gasteiger partial charge in [0.2, 0.25) is 17.7 Å². The normalized spacial score (nSPS) is 21.9. The molecule has 4 aliphatic rings. The quantitative estimate of drug-likeness (QED) is 0.250. The zero-order valence-corrected chi connectivity index (χ0v) is 31.3. The number of hydrogen-bond acceptors (Lipinski definition) is 9. The molecule has 0 saturated carbocycles. The Hall–Kier alpha value is -3.93. The summed E-state index contributed by atoms with van der Waals surface area (Å²) in [5.74, 6) is 1.28. The predicted octanol–water partition coefficient (Wildman–Crippen LogP) is 5.66. The first kappa shape index (κ1) is 36.4. The number of nitrogen functional groups attached to an aromatic ring is 1. The number of carbonyl (C=O) groups is 3. The third-order valence-electron chi connectivity index (χ3n) is 11.6. The van der Waals surface area contributed by atoms with E-state index >= 15 is 0 Å². The van der Waals surface area contributed by atoms with Crippen molar-refractivity contribution in [3.8, 4) is 11.3 Å². The van der Waals surface area contributed by atoms with E-state index in [0.717, 1.165) is 89.9 Å². The molecule has 0 spiro atoms. The van der Waals surface area contributed by atoms with Crippen LogP contribution in [0.15, 0.2) is 48.7 Å². The fraction of sp³-hybridized carbons (Fsp3) is 0.513. The minimum Gasteiger partial charge on any atom is -0.382 e. The Balaban J connectivity index is 0.825. The molecule has 13 heteroatoms. The van der Waals surface area contributed by atoms with Gasteiger partial charge in [-0.05, 0) is 94.6 Å². The summed E-state index contributed by atoms with van der Waals surface area (Å²) in [5.41, 5.74) is 9.38. The lowest BCUT2D eigenvalue weighted by atomic mass is 9.87. The SMILES string of the molecule is CC1(NC(=O)C2CCN(CC3CCN(c4ccc([C@@H]5CCC(=O)NC5=O)cc4)CC3)CC2)CCN(c2cnc(-c3cccc(Cl)c3Cl)c(N)n2)CC1. The zero-order chi connectivity index (χ0) is 36.4. The number of hydrogen-bond donors (Lipinski definition) is 3. The van der Waals surface area contributed by atoms with Crippen molar-refractivity contribution in [1.29, 1.82) is 0 Å². The van der Waals surface area contributed by atoms with Gasteiger partial charge in [-0.15, -0.1) is 0 Å². The number of likely N-dealkylation sites (tertiary alicyclic amines) is 1. The second-order valence-corrected chi connectivity index (χ2v) is 16.0. The van der Waals surface area contributed by atoms with Crippen molar-refractivity contribution in [2.75, 3.05) is 61.3 Å². The van der Waals surface area contributed by atoms with Crippen molar-refractivity contribution in [3.63, 3.8) is 0 Å². The van der Waals surface area contributed by atoms with E-state index in [1.165, 1.54) is 5.69 Å². The molecule has 3 amide bonds. The molecule has 2 aromatic carbocycles. The molecule has 11 nitrogen and oxygen atoms in total. The van der Waals surface area contributed by atoms with E-state index in [1.807, 2.05) is 24.3 Å². The van der Waals surface area contributed by atoms with Crippen molar-refractivity contribution >= 4 is 58.2 Å². The summed E-state index contributed by atoms with van der Waals surface area (Å²) < 4.78 is 0. The van der Waals surface area contributed by atoms with Gasteiger partial charge in [-0.2, -0.15) is 0 Å². The monoisotopic (exact) mass is 746 g/mol. The Labute approximate surface area is 315 Å². The summed E-state index contributed by atoms with van der Waals surface area (Å²) in [6, 6.07) is 13.7. The summed E-state index contributed by atoms with van der Waals surface area (Å²) in [4.78, 5) is 53.6. The molecule has 0 bridgehead atoms. The molecule has 0 radical (unpaired) electrons. The average Bonchev–Trinajstić information content (AvgIpc) is 3.14. The van der Waals surface area contributed by atoms with Crippen molar-refractivity contribution in [3.05, 3.63) is 64.3 Å². The molecule has 1 atom stereocenters. The maximum absolute atomic E-state index is 13.5. The van der Waals surface area contributed by atoms with Crippen LogP contribution >= 0.6 is 23.2 Å². The molecule has 0 aliphatic carbocycles. The van der Waals surface area contributed by atoms with Crippen LogP contribution in [0.3, 0.4) is 0 Å². The van der Waals surface area contributed by atoms with Crippen molar-refractivity contribution in [1.82, 2.24) is 25.5 Å². The van der Waals surface area contributed by atoms with E-state index in [0.29, 0.717) is 51.7 Å². The number of nitrogens with zero attached hydrogens (tertiary/aromatic N) is 5. The largest absolute Gasteiger partial charge is 0.382 e. The molecule has 4 aliphatic heterocycles. The van der Waals surface area contributed by atoms with Gasteiger partial charge < -0.3 is 25.8 Å². The lowest BCUT2D eigenvalue weighted by Gasteiger charge is -2.42. The number of piperidine rings is 4. The molecule has 52 heavy (non-hydrogen) atoms. The number of imide groups is 1. The van der Waals surface area contributed by atoms with Gasteiger partial charge in [-0.1, -0.05) is 47.5 Å². The Morgan fingerprint density at radius 3 is 2.33 bits per heavy atom. The Morgan fingerprint density at radius 2 is 1.65 bits per heavy atom. The number of rotatable bonds is 8. The topological polar surface area (TPSA) is 137 Å². The summed E-state index contributed by atoms with van der Waals surface area (Å²) >= 11 is 12.6. The van der Waals surface area contributed by atoms with E-state index in [2.05, 4.69) is 54.4 Å². The summed E-state index contributed by atoms with van der Waals surface area (Å²) in [7, 11) is 0. The first-order chi connectivity index (χ1) is 25.0. The second kappa shape index (κ2) is 15.6. The minimum atomic E-state index is -0.267. The van der Waals surface area contributed by atoms with Crippen molar-refractivity contribution in [2.24, 2.45) is 11.8 Å². The highest BCUT2D eigenvalue weighted by atomic mass is 35.5. The van der Waals surface area contributed by atoms with Gasteiger partial charge >= 0.3 is 0 Å². The van der Waals surface area contributed by atoms with Crippen LogP contribution in [0.1, 0.15) is 69.8 Å². The van der Waals surface area contributed by atoms with E-state index in [1.54, 1.807) is 12.3 Å². The van der Waals surface area contributed by atoms with E-state index in [4.69, 9.17) is 28.9 Å². The van der Waals surface area contributed by atoms with Crippen molar-refractivity contribution < 1.29 is 14.4 Å². The number of amides is 3. The van der Waals surface area contributed by atoms with Crippen molar-refractivity contribution in [2.45, 2.75) is 69.7 Å². The molecule has 4 fully saturated rings. The van der Waals surface area contributed by atoms with Gasteiger partial charge in [0.15, 0.2) is 5.82 Å². The van der Waals surface area contributed by atoms with Gasteiger partial charge in [0.1, 0.15) is 11.5 Å². The molecule has 7 rings (SSSR count). The van der Waals surface area contributed by atoms with Gasteiger partial charge in [-0.25, -0.2) is 9.97 Å².